The van der Waals surface area contributed by atoms with Gasteiger partial charge in [0.25, 0.3) is 0 Å². The summed E-state index contributed by atoms with van der Waals surface area (Å²) in [6.07, 6.45) is 0. The highest BCUT2D eigenvalue weighted by atomic mass is 16.3. The first-order chi connectivity index (χ1) is 29.2. The molecule has 0 fully saturated rings. The fourth-order valence-corrected chi connectivity index (χ4v) is 10.5. The molecule has 12 rings (SSSR count). The van der Waals surface area contributed by atoms with E-state index >= 15 is 0 Å². The molecular weight excluding hydrogens is 739 g/mol. The molecule has 61 heavy (non-hydrogen) atoms. The molecule has 0 atom stereocenters. The molecule has 1 radical (unpaired) electrons. The molecule has 0 spiro atoms. The van der Waals surface area contributed by atoms with Gasteiger partial charge in [-0.25, -0.2) is 0 Å². The molecule has 1 N–H and O–H groups in total. The number of hydrogen-bond donors (Lipinski definition) is 1. The second-order valence-electron chi connectivity index (χ2n) is 20.1. The van der Waals surface area contributed by atoms with Gasteiger partial charge in [0.05, 0.1) is 11.2 Å². The molecule has 1 aliphatic heterocycles. The summed E-state index contributed by atoms with van der Waals surface area (Å²) in [6.45, 7) is 18.6. The molecule has 0 saturated heterocycles. The minimum atomic E-state index is -0.0538. The van der Waals surface area contributed by atoms with Gasteiger partial charge < -0.3 is 14.3 Å². The number of aromatic nitrogens is 1. The minimum absolute atomic E-state index is 0.00830. The van der Waals surface area contributed by atoms with Gasteiger partial charge in [-0.05, 0) is 121 Å². The van der Waals surface area contributed by atoms with Crippen LogP contribution in [0.15, 0.2) is 144 Å². The zero-order valence-electron chi connectivity index (χ0n) is 36.2. The molecule has 2 aliphatic rings. The third kappa shape index (κ3) is 5.24. The van der Waals surface area contributed by atoms with E-state index in [2.05, 4.69) is 212 Å². The molecule has 0 amide bonds. The predicted molar refractivity (Wildman–Crippen MR) is 261 cm³/mol. The lowest BCUT2D eigenvalue weighted by molar-refractivity contribution is 0.590. The Kier molecular flexibility index (Phi) is 7.32. The number of fused-ring (bicyclic) bond motifs is 13. The Morgan fingerprint density at radius 2 is 1.26 bits per heavy atom. The van der Waals surface area contributed by atoms with Crippen molar-refractivity contribution in [2.75, 3.05) is 5.32 Å². The van der Waals surface area contributed by atoms with Crippen LogP contribution in [0.5, 0.6) is 0 Å². The average molecular weight is 788 g/mol. The summed E-state index contributed by atoms with van der Waals surface area (Å²) in [4.78, 5) is 0. The SMILES string of the molecule is CC(C)(C)c1ccc2c(c1)c1cc(C(C)(C)C)cc3c1n2-c1c(c(-c2cc4ccccc4cc2Nc2ccc4c(c2)-c2ccccc2C4(C)C)cc2c1oc1ccccc12)[B]3. The molecule has 10 aromatic rings. The van der Waals surface area contributed by atoms with Crippen molar-refractivity contribution in [1.29, 1.82) is 0 Å². The number of furan rings is 1. The summed E-state index contributed by atoms with van der Waals surface area (Å²) in [5.41, 5.74) is 20.1. The molecule has 4 heteroatoms. The summed E-state index contributed by atoms with van der Waals surface area (Å²) >= 11 is 0. The minimum Gasteiger partial charge on any atom is -0.454 e. The quantitative estimate of drug-likeness (QED) is 0.181. The lowest BCUT2D eigenvalue weighted by atomic mass is 9.58. The van der Waals surface area contributed by atoms with E-state index in [4.69, 9.17) is 4.42 Å². The molecule has 2 aromatic heterocycles. The Balaban J connectivity index is 1.16. The maximum absolute atomic E-state index is 6.99. The van der Waals surface area contributed by atoms with Gasteiger partial charge in [-0.3, -0.25) is 0 Å². The lowest BCUT2D eigenvalue weighted by Gasteiger charge is -2.27. The summed E-state index contributed by atoms with van der Waals surface area (Å²) in [6, 6.07) is 52.2. The van der Waals surface area contributed by atoms with Crippen LogP contribution >= 0.6 is 0 Å². The Bertz CT molecular complexity index is 3530. The first-order valence-corrected chi connectivity index (χ1v) is 21.8. The van der Waals surface area contributed by atoms with E-state index in [1.165, 1.54) is 77.0 Å². The van der Waals surface area contributed by atoms with Crippen molar-refractivity contribution in [3.8, 4) is 27.9 Å². The van der Waals surface area contributed by atoms with Crippen LogP contribution in [0.25, 0.3) is 82.5 Å². The van der Waals surface area contributed by atoms with Gasteiger partial charge in [-0.15, -0.1) is 0 Å². The highest BCUT2D eigenvalue weighted by Crippen LogP contribution is 2.50. The lowest BCUT2D eigenvalue weighted by Crippen LogP contribution is -2.38. The summed E-state index contributed by atoms with van der Waals surface area (Å²) in [7, 11) is 2.45. The van der Waals surface area contributed by atoms with Crippen LogP contribution in [0.1, 0.15) is 77.6 Å². The molecule has 295 valence electrons. The van der Waals surface area contributed by atoms with Crippen LogP contribution in [0, 0.1) is 0 Å². The van der Waals surface area contributed by atoms with Crippen molar-refractivity contribution in [3.05, 3.63) is 162 Å². The van der Waals surface area contributed by atoms with Crippen LogP contribution < -0.4 is 16.2 Å². The molecule has 8 aromatic carbocycles. The van der Waals surface area contributed by atoms with E-state index in [1.54, 1.807) is 0 Å². The summed E-state index contributed by atoms with van der Waals surface area (Å²) in [5.74, 6) is 0. The standard InChI is InChI=1S/C57H48BN2O/c1-55(2,3)34-21-24-49-41(27-34)43-28-35(56(4,5)6)29-47-52(43)60(49)53-51(58-47)42(31-44-38-18-12-14-20-50(38)61-54(44)53)40-25-32-15-9-10-16-33(32)26-48(40)59-36-22-23-46-39(30-36)37-17-11-13-19-45(37)57(46,7)8/h9-31,59H,1-8H3. The topological polar surface area (TPSA) is 30.1 Å². The Labute approximate surface area is 358 Å². The van der Waals surface area contributed by atoms with Crippen molar-refractivity contribution in [3.63, 3.8) is 0 Å². The van der Waals surface area contributed by atoms with Crippen LogP contribution in [0.4, 0.5) is 11.4 Å². The van der Waals surface area contributed by atoms with Gasteiger partial charge in [-0.2, -0.15) is 0 Å². The molecule has 0 unspecified atom stereocenters. The van der Waals surface area contributed by atoms with Crippen LogP contribution in [-0.2, 0) is 16.2 Å². The van der Waals surface area contributed by atoms with Gasteiger partial charge in [-0.1, -0.05) is 146 Å². The summed E-state index contributed by atoms with van der Waals surface area (Å²) in [5, 5.41) is 11.2. The number of para-hydroxylation sites is 1. The van der Waals surface area contributed by atoms with E-state index < -0.39 is 0 Å². The smallest absolute Gasteiger partial charge is 0.198 e. The normalized spacial score (nSPS) is 14.2. The van der Waals surface area contributed by atoms with E-state index in [0.29, 0.717) is 0 Å². The summed E-state index contributed by atoms with van der Waals surface area (Å²) < 4.78 is 9.51. The van der Waals surface area contributed by atoms with E-state index in [1.807, 2.05) is 0 Å². The first kappa shape index (κ1) is 36.3. The van der Waals surface area contributed by atoms with Gasteiger partial charge in [0, 0.05) is 49.4 Å². The molecule has 1 aliphatic carbocycles. The van der Waals surface area contributed by atoms with Crippen molar-refractivity contribution in [2.24, 2.45) is 0 Å². The zero-order valence-corrected chi connectivity index (χ0v) is 36.2. The third-order valence-corrected chi connectivity index (χ3v) is 13.9. The number of nitrogens with one attached hydrogen (secondary N) is 1. The number of nitrogens with zero attached hydrogens (tertiary/aromatic N) is 1. The fraction of sp³-hybridized carbons (Fsp3) is 0.193. The van der Waals surface area contributed by atoms with E-state index in [0.717, 1.165) is 50.0 Å². The number of benzene rings is 8. The zero-order chi connectivity index (χ0) is 41.7. The first-order valence-electron chi connectivity index (χ1n) is 21.8. The molecule has 3 heterocycles. The Morgan fingerprint density at radius 3 is 2.07 bits per heavy atom. The van der Waals surface area contributed by atoms with Crippen LogP contribution in [0.2, 0.25) is 0 Å². The maximum Gasteiger partial charge on any atom is 0.198 e. The van der Waals surface area contributed by atoms with Crippen molar-refractivity contribution >= 4 is 84.1 Å². The largest absolute Gasteiger partial charge is 0.454 e. The van der Waals surface area contributed by atoms with Crippen molar-refractivity contribution in [1.82, 2.24) is 4.57 Å². The maximum atomic E-state index is 6.99. The highest BCUT2D eigenvalue weighted by Gasteiger charge is 2.36. The third-order valence-electron chi connectivity index (χ3n) is 13.9. The van der Waals surface area contributed by atoms with Crippen molar-refractivity contribution < 1.29 is 4.42 Å². The highest BCUT2D eigenvalue weighted by molar-refractivity contribution is 6.74. The Hall–Kier alpha value is -6.52. The monoisotopic (exact) mass is 787 g/mol. The van der Waals surface area contributed by atoms with Gasteiger partial charge >= 0.3 is 0 Å². The van der Waals surface area contributed by atoms with Gasteiger partial charge in [0.15, 0.2) is 12.9 Å². The number of hydrogen-bond acceptors (Lipinski definition) is 2. The van der Waals surface area contributed by atoms with Gasteiger partial charge in [0.1, 0.15) is 5.58 Å². The number of rotatable bonds is 3. The fourth-order valence-electron chi connectivity index (χ4n) is 10.5. The van der Waals surface area contributed by atoms with Crippen LogP contribution in [-0.4, -0.2) is 11.8 Å². The predicted octanol–water partition coefficient (Wildman–Crippen LogP) is 14.1. The molecule has 0 saturated carbocycles. The average Bonchev–Trinajstić information content (AvgIpc) is 3.85. The second-order valence-corrected chi connectivity index (χ2v) is 20.1. The number of anilines is 2. The van der Waals surface area contributed by atoms with Crippen molar-refractivity contribution in [2.45, 2.75) is 71.6 Å². The Morgan fingerprint density at radius 1 is 0.557 bits per heavy atom. The van der Waals surface area contributed by atoms with E-state index in [9.17, 15) is 0 Å². The van der Waals surface area contributed by atoms with Gasteiger partial charge in [0.2, 0.25) is 0 Å². The second kappa shape index (κ2) is 12.3. The molecular formula is C57H48BN2O. The van der Waals surface area contributed by atoms with Crippen LogP contribution in [0.3, 0.4) is 0 Å². The molecule has 0 bridgehead atoms. The molecule has 3 nitrogen and oxygen atoms in total. The van der Waals surface area contributed by atoms with E-state index in [-0.39, 0.29) is 16.2 Å².